The minimum atomic E-state index is -0.790. The Kier molecular flexibility index (Phi) is 6.70. The SMILES string of the molecule is CCCN1CC=C[C@]2(C)S[C@]34C=CCN(C(C)(C)C)C(=O)C3N(CCCCO)C(=O)[C@@H]4[C@@H]2C1=O. The van der Waals surface area contributed by atoms with Gasteiger partial charge in [0, 0.05) is 43.1 Å². The molecule has 3 amide bonds. The first-order chi connectivity index (χ1) is 16.0. The standard InChI is InChI=1S/C26H39N3O4S/c1-6-13-27-14-9-11-25(5)18(21(27)31)19-22(32)28(15-7-8-17-30)20-23(33)29(24(2,3)4)16-10-12-26(19,20)34-25/h9-12,18-20,30H,6-8,13-17H2,1-5H3/t18-,19+,20?,25+,26+/m1/s1. The molecule has 1 spiro atoms. The van der Waals surface area contributed by atoms with Gasteiger partial charge in [-0.25, -0.2) is 0 Å². The van der Waals surface area contributed by atoms with Crippen LogP contribution >= 0.6 is 11.8 Å². The molecule has 0 radical (unpaired) electrons. The average molecular weight is 490 g/mol. The van der Waals surface area contributed by atoms with Crippen molar-refractivity contribution in [2.75, 3.05) is 32.8 Å². The quantitative estimate of drug-likeness (QED) is 0.458. The lowest BCUT2D eigenvalue weighted by molar-refractivity contribution is -0.146. The van der Waals surface area contributed by atoms with Gasteiger partial charge >= 0.3 is 0 Å². The molecule has 0 bridgehead atoms. The van der Waals surface area contributed by atoms with Gasteiger partial charge in [0.2, 0.25) is 17.7 Å². The van der Waals surface area contributed by atoms with Crippen molar-refractivity contribution in [2.24, 2.45) is 11.8 Å². The molecule has 4 rings (SSSR count). The third kappa shape index (κ3) is 3.81. The summed E-state index contributed by atoms with van der Waals surface area (Å²) < 4.78 is -1.35. The monoisotopic (exact) mass is 489 g/mol. The molecule has 8 heteroatoms. The molecule has 0 saturated carbocycles. The molecule has 1 N–H and O–H groups in total. The highest BCUT2D eigenvalue weighted by molar-refractivity contribution is 8.02. The Hall–Kier alpha value is -1.80. The maximum Gasteiger partial charge on any atom is 0.247 e. The van der Waals surface area contributed by atoms with Gasteiger partial charge in [-0.3, -0.25) is 14.4 Å². The summed E-state index contributed by atoms with van der Waals surface area (Å²) in [6, 6.07) is -0.656. The van der Waals surface area contributed by atoms with Crippen molar-refractivity contribution in [1.29, 1.82) is 0 Å². The van der Waals surface area contributed by atoms with Gasteiger partial charge in [0.1, 0.15) is 6.04 Å². The Labute approximate surface area is 207 Å². The predicted octanol–water partition coefficient (Wildman–Crippen LogP) is 2.45. The van der Waals surface area contributed by atoms with Crippen molar-refractivity contribution in [2.45, 2.75) is 75.0 Å². The molecule has 0 aromatic carbocycles. The zero-order valence-corrected chi connectivity index (χ0v) is 21.9. The second-order valence-electron chi connectivity index (χ2n) is 11.2. The fourth-order valence-corrected chi connectivity index (χ4v) is 8.44. The van der Waals surface area contributed by atoms with Crippen LogP contribution in [0.2, 0.25) is 0 Å². The molecule has 0 aromatic rings. The van der Waals surface area contributed by atoms with Crippen LogP contribution in [0.15, 0.2) is 24.3 Å². The van der Waals surface area contributed by atoms with Gasteiger partial charge in [-0.1, -0.05) is 31.2 Å². The van der Waals surface area contributed by atoms with Gasteiger partial charge in [0.05, 0.1) is 16.6 Å². The highest BCUT2D eigenvalue weighted by Crippen LogP contribution is 2.65. The van der Waals surface area contributed by atoms with E-state index in [9.17, 15) is 19.5 Å². The fourth-order valence-electron chi connectivity index (χ4n) is 6.28. The van der Waals surface area contributed by atoms with Crippen LogP contribution in [0.3, 0.4) is 0 Å². The second kappa shape index (κ2) is 9.01. The highest BCUT2D eigenvalue weighted by atomic mass is 32.2. The molecular weight excluding hydrogens is 450 g/mol. The molecule has 0 aliphatic carbocycles. The Morgan fingerprint density at radius 1 is 1.00 bits per heavy atom. The van der Waals surface area contributed by atoms with Crippen molar-refractivity contribution in [3.63, 3.8) is 0 Å². The number of aliphatic hydroxyl groups is 1. The van der Waals surface area contributed by atoms with Crippen molar-refractivity contribution < 1.29 is 19.5 Å². The van der Waals surface area contributed by atoms with Crippen molar-refractivity contribution in [3.05, 3.63) is 24.3 Å². The number of aliphatic hydroxyl groups excluding tert-OH is 1. The van der Waals surface area contributed by atoms with Gasteiger partial charge in [-0.2, -0.15) is 0 Å². The van der Waals surface area contributed by atoms with Crippen LogP contribution in [0.25, 0.3) is 0 Å². The van der Waals surface area contributed by atoms with E-state index in [1.54, 1.807) is 16.7 Å². The number of fused-ring (bicyclic) bond motifs is 2. The summed E-state index contributed by atoms with van der Waals surface area (Å²) in [6.45, 7) is 12.3. The summed E-state index contributed by atoms with van der Waals surface area (Å²) in [5.74, 6) is -1.23. The van der Waals surface area contributed by atoms with E-state index in [0.29, 0.717) is 39.0 Å². The number of amides is 3. The van der Waals surface area contributed by atoms with E-state index in [0.717, 1.165) is 6.42 Å². The maximum absolute atomic E-state index is 14.1. The summed E-state index contributed by atoms with van der Waals surface area (Å²) in [5, 5.41) is 9.33. The third-order valence-corrected chi connectivity index (χ3v) is 9.55. The largest absolute Gasteiger partial charge is 0.396 e. The van der Waals surface area contributed by atoms with Crippen LogP contribution in [-0.4, -0.2) is 91.4 Å². The number of carbonyl (C=O) groups is 3. The summed E-state index contributed by atoms with van der Waals surface area (Å²) in [7, 11) is 0. The number of hydrogen-bond donors (Lipinski definition) is 1. The summed E-state index contributed by atoms with van der Waals surface area (Å²) in [5.41, 5.74) is -0.393. The Morgan fingerprint density at radius 3 is 2.35 bits per heavy atom. The number of carbonyl (C=O) groups excluding carboxylic acids is 3. The Balaban J connectivity index is 1.84. The van der Waals surface area contributed by atoms with Crippen LogP contribution in [0.1, 0.15) is 53.9 Å². The third-order valence-electron chi connectivity index (χ3n) is 7.75. The van der Waals surface area contributed by atoms with E-state index in [1.165, 1.54) is 0 Å². The van der Waals surface area contributed by atoms with Gasteiger partial charge in [-0.15, -0.1) is 11.8 Å². The maximum atomic E-state index is 14.1. The number of unbranched alkanes of at least 4 members (excludes halogenated alkanes) is 1. The Bertz CT molecular complexity index is 912. The molecule has 4 aliphatic heterocycles. The van der Waals surface area contributed by atoms with Crippen LogP contribution in [0.5, 0.6) is 0 Å². The van der Waals surface area contributed by atoms with Crippen molar-refractivity contribution in [3.8, 4) is 0 Å². The molecule has 5 atom stereocenters. The molecule has 4 heterocycles. The van der Waals surface area contributed by atoms with Crippen LogP contribution in [-0.2, 0) is 14.4 Å². The molecule has 0 aromatic heterocycles. The number of thioether (sulfide) groups is 1. The summed E-state index contributed by atoms with van der Waals surface area (Å²) >= 11 is 1.63. The summed E-state index contributed by atoms with van der Waals surface area (Å²) in [6.07, 6.45) is 10.3. The smallest absolute Gasteiger partial charge is 0.247 e. The van der Waals surface area contributed by atoms with Gasteiger partial charge < -0.3 is 19.8 Å². The Morgan fingerprint density at radius 2 is 1.71 bits per heavy atom. The van der Waals surface area contributed by atoms with Gasteiger partial charge in [0.25, 0.3) is 0 Å². The van der Waals surface area contributed by atoms with Gasteiger partial charge in [-0.05, 0) is 47.0 Å². The number of hydrogen-bond acceptors (Lipinski definition) is 5. The molecule has 188 valence electrons. The molecule has 2 saturated heterocycles. The van der Waals surface area contributed by atoms with Gasteiger partial charge in [0.15, 0.2) is 0 Å². The molecule has 34 heavy (non-hydrogen) atoms. The number of rotatable bonds is 6. The van der Waals surface area contributed by atoms with E-state index in [4.69, 9.17) is 0 Å². The lowest BCUT2D eigenvalue weighted by Gasteiger charge is -2.41. The van der Waals surface area contributed by atoms with E-state index in [1.807, 2.05) is 36.6 Å². The molecule has 2 fully saturated rings. The molecule has 1 unspecified atom stereocenters. The van der Waals surface area contributed by atoms with Crippen molar-refractivity contribution in [1.82, 2.24) is 14.7 Å². The second-order valence-corrected chi connectivity index (χ2v) is 13.0. The number of nitrogens with zero attached hydrogens (tertiary/aromatic N) is 3. The molecular formula is C26H39N3O4S. The first-order valence-corrected chi connectivity index (χ1v) is 13.4. The lowest BCUT2D eigenvalue weighted by Crippen LogP contribution is -2.57. The zero-order chi connectivity index (χ0) is 24.9. The van der Waals surface area contributed by atoms with E-state index >= 15 is 0 Å². The topological polar surface area (TPSA) is 81.2 Å². The first kappa shape index (κ1) is 25.3. The first-order valence-electron chi connectivity index (χ1n) is 12.6. The van der Waals surface area contributed by atoms with Crippen LogP contribution in [0, 0.1) is 11.8 Å². The normalized spacial score (nSPS) is 35.4. The minimum absolute atomic E-state index is 0.0193. The average Bonchev–Trinajstić information content (AvgIpc) is 3.01. The minimum Gasteiger partial charge on any atom is -0.396 e. The van der Waals surface area contributed by atoms with Crippen LogP contribution < -0.4 is 0 Å². The number of likely N-dealkylation sites (tertiary alicyclic amines) is 1. The van der Waals surface area contributed by atoms with Crippen molar-refractivity contribution >= 4 is 29.5 Å². The van der Waals surface area contributed by atoms with E-state index in [2.05, 4.69) is 32.1 Å². The molecule has 7 nitrogen and oxygen atoms in total. The lowest BCUT2D eigenvalue weighted by atomic mass is 9.74. The predicted molar refractivity (Wildman–Crippen MR) is 134 cm³/mol. The van der Waals surface area contributed by atoms with E-state index < -0.39 is 32.9 Å². The van der Waals surface area contributed by atoms with Crippen LogP contribution in [0.4, 0.5) is 0 Å². The fraction of sp³-hybridized carbons (Fsp3) is 0.731. The summed E-state index contributed by atoms with van der Waals surface area (Å²) in [4.78, 5) is 47.6. The van der Waals surface area contributed by atoms with E-state index in [-0.39, 0.29) is 24.3 Å². The highest BCUT2D eigenvalue weighted by Gasteiger charge is 2.74. The molecule has 4 aliphatic rings. The zero-order valence-electron chi connectivity index (χ0n) is 21.1.